The maximum absolute atomic E-state index is 12.9. The van der Waals surface area contributed by atoms with Gasteiger partial charge in [0.25, 0.3) is 6.43 Å². The minimum absolute atomic E-state index is 1.73. The highest BCUT2D eigenvalue weighted by molar-refractivity contribution is 5.78. The highest BCUT2D eigenvalue weighted by atomic mass is 19.3. The molecule has 0 aromatic carbocycles. The maximum atomic E-state index is 12.9. The van der Waals surface area contributed by atoms with Crippen LogP contribution in [0.5, 0.6) is 0 Å². The molecule has 0 fully saturated rings. The quantitative estimate of drug-likeness (QED) is 0.664. The molecule has 0 spiro atoms. The molecule has 2 nitrogen and oxygen atoms in total. The van der Waals surface area contributed by atoms with Crippen LogP contribution in [0.4, 0.5) is 48.4 Å². The van der Waals surface area contributed by atoms with Gasteiger partial charge < -0.3 is 0 Å². The van der Waals surface area contributed by atoms with E-state index < -0.39 is 48.9 Å². The van der Waals surface area contributed by atoms with Crippen molar-refractivity contribution in [1.29, 1.82) is 0 Å². The molecule has 0 aliphatic heterocycles. The van der Waals surface area contributed by atoms with E-state index >= 15 is 0 Å². The molecule has 0 aliphatic rings. The smallest absolute Gasteiger partial charge is 0.248 e. The van der Waals surface area contributed by atoms with Crippen LogP contribution in [-0.2, 0) is 9.74 Å². The number of carbonyl (C=O) groups excluding carboxylic acids is 1. The summed E-state index contributed by atoms with van der Waals surface area (Å²) in [7, 11) is 0. The number of carbonyl (C=O) groups is 1. The Bertz CT molecular complexity index is 360. The first-order valence-electron chi connectivity index (χ1n) is 4.75. The van der Waals surface area contributed by atoms with Gasteiger partial charge in [0.1, 0.15) is 0 Å². The molecule has 0 N–H and O–H groups in total. The Labute approximate surface area is 108 Å². The van der Waals surface area contributed by atoms with E-state index in [0.717, 1.165) is 0 Å². The Morgan fingerprint density at radius 1 is 0.810 bits per heavy atom. The molecule has 21 heavy (non-hydrogen) atoms. The summed E-state index contributed by atoms with van der Waals surface area (Å²) in [4.78, 5) is 11.7. The fraction of sp³-hybridized carbons (Fsp3) is 0.875. The van der Waals surface area contributed by atoms with E-state index in [1.165, 1.54) is 0 Å². The number of hydrogen-bond acceptors (Lipinski definition) is 2. The SMILES string of the molecule is O=C(OF)C(F)(F)C(F)(F)C(F)C(F)C(F)C(F)C(F)F. The van der Waals surface area contributed by atoms with Gasteiger partial charge in [0.15, 0.2) is 18.5 Å². The second kappa shape index (κ2) is 6.64. The third-order valence-electron chi connectivity index (χ3n) is 2.22. The molecular formula is C8H5F11O2. The highest BCUT2D eigenvalue weighted by Crippen LogP contribution is 2.42. The Balaban J connectivity index is 5.30. The van der Waals surface area contributed by atoms with Crippen molar-refractivity contribution in [1.82, 2.24) is 0 Å². The van der Waals surface area contributed by atoms with Gasteiger partial charge in [0.05, 0.1) is 0 Å². The maximum Gasteiger partial charge on any atom is 0.424 e. The molecule has 0 amide bonds. The van der Waals surface area contributed by atoms with Crippen LogP contribution in [0.2, 0.25) is 0 Å². The molecule has 0 aliphatic carbocycles. The van der Waals surface area contributed by atoms with Crippen molar-refractivity contribution in [2.75, 3.05) is 0 Å². The molecule has 4 unspecified atom stereocenters. The fourth-order valence-electron chi connectivity index (χ4n) is 1.03. The minimum atomic E-state index is -6.39. The number of hydrogen-bond donors (Lipinski definition) is 0. The summed E-state index contributed by atoms with van der Waals surface area (Å²) in [5.41, 5.74) is 0. The Hall–Kier alpha value is -1.30. The standard InChI is InChI=1S/C8H5F11O2/c9-1(3(11)5(13)14)2(10)4(12)7(15,16)8(17,18)6(20)21-19/h1-5H. The van der Waals surface area contributed by atoms with Crippen LogP contribution in [0.1, 0.15) is 0 Å². The summed E-state index contributed by atoms with van der Waals surface area (Å²) in [6, 6.07) is 0. The van der Waals surface area contributed by atoms with Gasteiger partial charge in [-0.15, -0.1) is 0 Å². The van der Waals surface area contributed by atoms with E-state index in [2.05, 4.69) is 0 Å². The molecule has 0 aromatic heterocycles. The monoisotopic (exact) mass is 342 g/mol. The zero-order valence-electron chi connectivity index (χ0n) is 9.36. The van der Waals surface area contributed by atoms with Gasteiger partial charge in [-0.3, -0.25) is 0 Å². The minimum Gasteiger partial charge on any atom is -0.248 e. The molecule has 0 aromatic rings. The lowest BCUT2D eigenvalue weighted by Crippen LogP contribution is -2.58. The predicted octanol–water partition coefficient (Wildman–Crippen LogP) is 3.30. The van der Waals surface area contributed by atoms with Crippen molar-refractivity contribution >= 4 is 5.97 Å². The van der Waals surface area contributed by atoms with Crippen LogP contribution in [0, 0.1) is 0 Å². The summed E-state index contributed by atoms with van der Waals surface area (Å²) in [6.45, 7) is 0. The molecule has 0 heterocycles. The van der Waals surface area contributed by atoms with E-state index in [-0.39, 0.29) is 0 Å². The highest BCUT2D eigenvalue weighted by Gasteiger charge is 2.71. The second-order valence-electron chi connectivity index (χ2n) is 3.63. The van der Waals surface area contributed by atoms with Crippen LogP contribution in [-0.4, -0.2) is 48.9 Å². The number of halogens is 11. The molecular weight excluding hydrogens is 337 g/mol. The van der Waals surface area contributed by atoms with Gasteiger partial charge >= 0.3 is 17.8 Å². The summed E-state index contributed by atoms with van der Waals surface area (Å²) in [5, 5.41) is 0. The van der Waals surface area contributed by atoms with Crippen molar-refractivity contribution in [3.8, 4) is 0 Å². The topological polar surface area (TPSA) is 26.3 Å². The summed E-state index contributed by atoms with van der Waals surface area (Å²) in [5.74, 6) is -16.3. The van der Waals surface area contributed by atoms with Crippen LogP contribution in [0.3, 0.4) is 0 Å². The zero-order chi connectivity index (χ0) is 17.2. The Morgan fingerprint density at radius 2 is 1.24 bits per heavy atom. The summed E-state index contributed by atoms with van der Waals surface area (Å²) < 4.78 is 136. The van der Waals surface area contributed by atoms with Crippen LogP contribution in [0.15, 0.2) is 0 Å². The molecule has 4 atom stereocenters. The fourth-order valence-corrected chi connectivity index (χ4v) is 1.03. The third kappa shape index (κ3) is 3.67. The van der Waals surface area contributed by atoms with Crippen molar-refractivity contribution in [3.05, 3.63) is 0 Å². The van der Waals surface area contributed by atoms with Crippen molar-refractivity contribution in [2.24, 2.45) is 0 Å². The zero-order valence-corrected chi connectivity index (χ0v) is 9.36. The van der Waals surface area contributed by atoms with E-state index in [9.17, 15) is 53.2 Å². The largest absolute Gasteiger partial charge is 0.424 e. The molecule has 0 bridgehead atoms. The third-order valence-corrected chi connectivity index (χ3v) is 2.22. The average molecular weight is 342 g/mol. The normalized spacial score (nSPS) is 19.0. The number of alkyl halides is 10. The number of rotatable bonds is 7. The lowest BCUT2D eigenvalue weighted by atomic mass is 9.98. The van der Waals surface area contributed by atoms with Crippen molar-refractivity contribution < 1.29 is 58.2 Å². The molecule has 0 saturated carbocycles. The molecule has 0 rings (SSSR count). The average Bonchev–Trinajstić information content (AvgIpc) is 2.42. The van der Waals surface area contributed by atoms with Crippen LogP contribution in [0.25, 0.3) is 0 Å². The van der Waals surface area contributed by atoms with Gasteiger partial charge in [-0.1, -0.05) is 0 Å². The summed E-state index contributed by atoms with van der Waals surface area (Å²) in [6.07, 6.45) is -22.0. The second-order valence-corrected chi connectivity index (χ2v) is 3.63. The predicted molar refractivity (Wildman–Crippen MR) is 42.7 cm³/mol. The van der Waals surface area contributed by atoms with E-state index in [1.807, 2.05) is 0 Å². The summed E-state index contributed by atoms with van der Waals surface area (Å²) >= 11 is 0. The Kier molecular flexibility index (Phi) is 6.23. The van der Waals surface area contributed by atoms with E-state index in [1.54, 1.807) is 4.94 Å². The first-order valence-corrected chi connectivity index (χ1v) is 4.75. The van der Waals surface area contributed by atoms with Crippen LogP contribution >= 0.6 is 0 Å². The van der Waals surface area contributed by atoms with Gasteiger partial charge in [-0.05, 0) is 0 Å². The molecule has 126 valence electrons. The van der Waals surface area contributed by atoms with Crippen molar-refractivity contribution in [2.45, 2.75) is 43.0 Å². The van der Waals surface area contributed by atoms with Gasteiger partial charge in [0.2, 0.25) is 6.17 Å². The molecule has 0 saturated heterocycles. The van der Waals surface area contributed by atoms with Gasteiger partial charge in [-0.2, -0.15) is 17.6 Å². The first-order chi connectivity index (χ1) is 9.32. The molecule has 0 radical (unpaired) electrons. The van der Waals surface area contributed by atoms with Crippen molar-refractivity contribution in [3.63, 3.8) is 0 Å². The Morgan fingerprint density at radius 3 is 1.57 bits per heavy atom. The van der Waals surface area contributed by atoms with E-state index in [0.29, 0.717) is 0 Å². The van der Waals surface area contributed by atoms with Gasteiger partial charge in [0, 0.05) is 4.53 Å². The molecule has 13 heteroatoms. The lowest BCUT2D eigenvalue weighted by molar-refractivity contribution is -0.274. The van der Waals surface area contributed by atoms with Gasteiger partial charge in [-0.25, -0.2) is 36.1 Å². The lowest BCUT2D eigenvalue weighted by Gasteiger charge is -2.29. The van der Waals surface area contributed by atoms with Crippen LogP contribution < -0.4 is 0 Å². The van der Waals surface area contributed by atoms with E-state index in [4.69, 9.17) is 0 Å². The first kappa shape index (κ1) is 19.7.